The molecule has 3 aliphatic rings. The summed E-state index contributed by atoms with van der Waals surface area (Å²) in [5, 5.41) is 9.39. The molecule has 2 amide bonds. The number of para-hydroxylation sites is 1. The van der Waals surface area contributed by atoms with Crippen LogP contribution in [0.25, 0.3) is 0 Å². The van der Waals surface area contributed by atoms with Gasteiger partial charge in [-0.25, -0.2) is 4.79 Å². The Kier molecular flexibility index (Phi) is 6.50. The number of anilines is 1. The fourth-order valence-corrected chi connectivity index (χ4v) is 5.80. The van der Waals surface area contributed by atoms with E-state index in [1.165, 1.54) is 0 Å². The molecule has 0 unspecified atom stereocenters. The van der Waals surface area contributed by atoms with E-state index in [9.17, 15) is 19.5 Å². The number of amides is 2. The zero-order chi connectivity index (χ0) is 24.5. The second-order valence-electron chi connectivity index (χ2n) is 10.1. The van der Waals surface area contributed by atoms with Gasteiger partial charge in [0.05, 0.1) is 17.6 Å². The normalized spacial score (nSPS) is 23.7. The van der Waals surface area contributed by atoms with Crippen LogP contribution < -0.4 is 4.90 Å². The van der Waals surface area contributed by atoms with Crippen LogP contribution in [0.5, 0.6) is 0 Å². The van der Waals surface area contributed by atoms with Gasteiger partial charge < -0.3 is 14.7 Å². The Hall–Kier alpha value is -3.35. The van der Waals surface area contributed by atoms with E-state index in [1.807, 2.05) is 64.4 Å². The number of hydrogen-bond acceptors (Lipinski definition) is 4. The highest BCUT2D eigenvalue weighted by Gasteiger charge is 2.51. The van der Waals surface area contributed by atoms with E-state index >= 15 is 0 Å². The molecule has 0 spiro atoms. The second-order valence-corrected chi connectivity index (χ2v) is 10.1. The molecule has 1 heterocycles. The molecule has 2 aromatic carbocycles. The van der Waals surface area contributed by atoms with E-state index < -0.39 is 11.9 Å². The number of carbonyl (C=O) groups excluding carboxylic acids is 2. The number of carbonyl (C=O) groups is 3. The zero-order valence-electron chi connectivity index (χ0n) is 20.0. The van der Waals surface area contributed by atoms with Crippen LogP contribution in [0.2, 0.25) is 0 Å². The Morgan fingerprint density at radius 1 is 1.03 bits per heavy atom. The molecule has 0 saturated heterocycles. The number of aliphatic carboxylic acids is 1. The SMILES string of the molecule is C[C@H](CC(=O)N(C1CC1)[C@H]1c2ccccc2N(C(=O)OCc2ccccc2)[C@H]2CCC[C@H]21)C(=O)O. The van der Waals surface area contributed by atoms with Crippen LogP contribution in [-0.2, 0) is 20.9 Å². The first-order chi connectivity index (χ1) is 17.0. The van der Waals surface area contributed by atoms with E-state index in [0.717, 1.165) is 48.9 Å². The highest BCUT2D eigenvalue weighted by Crippen LogP contribution is 2.52. The lowest BCUT2D eigenvalue weighted by Crippen LogP contribution is -2.53. The molecule has 0 bridgehead atoms. The molecule has 7 nitrogen and oxygen atoms in total. The molecular weight excluding hydrogens is 444 g/mol. The lowest BCUT2D eigenvalue weighted by atomic mass is 9.81. The topological polar surface area (TPSA) is 87.2 Å². The van der Waals surface area contributed by atoms with Crippen LogP contribution in [0.15, 0.2) is 54.6 Å². The van der Waals surface area contributed by atoms with Crippen molar-refractivity contribution in [3.05, 3.63) is 65.7 Å². The quantitative estimate of drug-likeness (QED) is 0.597. The van der Waals surface area contributed by atoms with Gasteiger partial charge >= 0.3 is 12.1 Å². The van der Waals surface area contributed by atoms with E-state index in [0.29, 0.717) is 0 Å². The summed E-state index contributed by atoms with van der Waals surface area (Å²) in [6.07, 6.45) is 4.25. The Bertz CT molecular complexity index is 1100. The summed E-state index contributed by atoms with van der Waals surface area (Å²) in [7, 11) is 0. The maximum Gasteiger partial charge on any atom is 0.414 e. The van der Waals surface area contributed by atoms with Crippen LogP contribution in [0, 0.1) is 11.8 Å². The summed E-state index contributed by atoms with van der Waals surface area (Å²) in [6.45, 7) is 1.79. The molecule has 1 N–H and O–H groups in total. The van der Waals surface area contributed by atoms with Gasteiger partial charge in [0.1, 0.15) is 6.61 Å². The number of rotatable bonds is 7. The van der Waals surface area contributed by atoms with Crippen molar-refractivity contribution in [2.24, 2.45) is 11.8 Å². The number of carboxylic acids is 1. The summed E-state index contributed by atoms with van der Waals surface area (Å²) in [6, 6.07) is 17.4. The minimum Gasteiger partial charge on any atom is -0.481 e. The lowest BCUT2D eigenvalue weighted by molar-refractivity contribution is -0.147. The molecule has 0 radical (unpaired) electrons. The summed E-state index contributed by atoms with van der Waals surface area (Å²) in [5.74, 6) is -1.69. The van der Waals surface area contributed by atoms with Gasteiger partial charge in [0, 0.05) is 24.4 Å². The van der Waals surface area contributed by atoms with E-state index in [-0.39, 0.29) is 49.1 Å². The first-order valence-electron chi connectivity index (χ1n) is 12.6. The molecule has 5 rings (SSSR count). The Morgan fingerprint density at radius 2 is 1.74 bits per heavy atom. The molecule has 2 aliphatic carbocycles. The maximum absolute atomic E-state index is 13.5. The van der Waals surface area contributed by atoms with Crippen molar-refractivity contribution in [3.8, 4) is 0 Å². The van der Waals surface area contributed by atoms with Crippen molar-refractivity contribution in [2.45, 2.75) is 70.2 Å². The first kappa shape index (κ1) is 23.4. The number of hydrogen-bond donors (Lipinski definition) is 1. The van der Waals surface area contributed by atoms with Crippen molar-refractivity contribution in [2.75, 3.05) is 4.90 Å². The molecule has 2 aromatic rings. The van der Waals surface area contributed by atoms with Crippen molar-refractivity contribution in [1.82, 2.24) is 4.90 Å². The highest BCUT2D eigenvalue weighted by atomic mass is 16.6. The third-order valence-electron chi connectivity index (χ3n) is 7.62. The van der Waals surface area contributed by atoms with Crippen LogP contribution in [-0.4, -0.2) is 40.1 Å². The van der Waals surface area contributed by atoms with Gasteiger partial charge in [0.25, 0.3) is 0 Å². The van der Waals surface area contributed by atoms with Gasteiger partial charge in [0.15, 0.2) is 0 Å². The van der Waals surface area contributed by atoms with Crippen molar-refractivity contribution < 1.29 is 24.2 Å². The van der Waals surface area contributed by atoms with E-state index in [2.05, 4.69) is 0 Å². The van der Waals surface area contributed by atoms with Gasteiger partial charge in [-0.2, -0.15) is 0 Å². The number of fused-ring (bicyclic) bond motifs is 2. The predicted octanol–water partition coefficient (Wildman–Crippen LogP) is 5.16. The Labute approximate surface area is 205 Å². The lowest BCUT2D eigenvalue weighted by Gasteiger charge is -2.47. The molecule has 184 valence electrons. The minimum atomic E-state index is -0.954. The van der Waals surface area contributed by atoms with Gasteiger partial charge in [-0.1, -0.05) is 61.9 Å². The molecule has 2 fully saturated rings. The standard InChI is InChI=1S/C28H32N2O5/c1-18(27(32)33)16-25(31)29(20-14-15-20)26-21-10-5-6-12-23(21)30(24-13-7-11-22(24)26)28(34)35-17-19-8-3-2-4-9-19/h2-6,8-10,12,18,20,22,24,26H,7,11,13-17H2,1H3,(H,32,33)/t18-,22-,24+,26+/m1/s1. The molecule has 2 saturated carbocycles. The summed E-state index contributed by atoms with van der Waals surface area (Å²) in [4.78, 5) is 42.1. The number of benzene rings is 2. The van der Waals surface area contributed by atoms with Crippen molar-refractivity contribution >= 4 is 23.7 Å². The molecule has 1 aliphatic heterocycles. The van der Waals surface area contributed by atoms with E-state index in [1.54, 1.807) is 6.92 Å². The van der Waals surface area contributed by atoms with Gasteiger partial charge in [-0.05, 0) is 42.9 Å². The molecular formula is C28H32N2O5. The average Bonchev–Trinajstić information content (AvgIpc) is 3.58. The van der Waals surface area contributed by atoms with Gasteiger partial charge in [0.2, 0.25) is 5.91 Å². The monoisotopic (exact) mass is 476 g/mol. The fourth-order valence-electron chi connectivity index (χ4n) is 5.80. The highest BCUT2D eigenvalue weighted by molar-refractivity contribution is 5.91. The molecule has 4 atom stereocenters. The smallest absolute Gasteiger partial charge is 0.414 e. The van der Waals surface area contributed by atoms with Crippen molar-refractivity contribution in [3.63, 3.8) is 0 Å². The predicted molar refractivity (Wildman–Crippen MR) is 131 cm³/mol. The third kappa shape index (κ3) is 4.64. The average molecular weight is 477 g/mol. The van der Waals surface area contributed by atoms with E-state index in [4.69, 9.17) is 4.74 Å². The first-order valence-corrected chi connectivity index (χ1v) is 12.6. The van der Waals surface area contributed by atoms with Crippen LogP contribution in [0.1, 0.15) is 62.6 Å². The zero-order valence-corrected chi connectivity index (χ0v) is 20.0. The fraction of sp³-hybridized carbons (Fsp3) is 0.464. The minimum absolute atomic E-state index is 0.00921. The van der Waals surface area contributed by atoms with Crippen molar-refractivity contribution in [1.29, 1.82) is 0 Å². The molecule has 35 heavy (non-hydrogen) atoms. The Morgan fingerprint density at radius 3 is 2.46 bits per heavy atom. The summed E-state index contributed by atoms with van der Waals surface area (Å²) >= 11 is 0. The number of ether oxygens (including phenoxy) is 1. The molecule has 0 aromatic heterocycles. The summed E-state index contributed by atoms with van der Waals surface area (Å²) < 4.78 is 5.76. The van der Waals surface area contributed by atoms with Gasteiger partial charge in [-0.3, -0.25) is 14.5 Å². The largest absolute Gasteiger partial charge is 0.481 e. The maximum atomic E-state index is 13.5. The molecule has 7 heteroatoms. The number of carboxylic acid groups (broad SMARTS) is 1. The Balaban J connectivity index is 1.46. The second kappa shape index (κ2) is 9.72. The van der Waals surface area contributed by atoms with Crippen LogP contribution in [0.4, 0.5) is 10.5 Å². The summed E-state index contributed by atoms with van der Waals surface area (Å²) in [5.41, 5.74) is 2.68. The third-order valence-corrected chi connectivity index (χ3v) is 7.62. The van der Waals surface area contributed by atoms with Gasteiger partial charge in [-0.15, -0.1) is 0 Å². The number of nitrogens with zero attached hydrogens (tertiary/aromatic N) is 2. The van der Waals surface area contributed by atoms with Crippen LogP contribution >= 0.6 is 0 Å². The van der Waals surface area contributed by atoms with Crippen LogP contribution in [0.3, 0.4) is 0 Å².